The SMILES string of the molecule is CN(C)S(=O)(=O)c1ccc(C(=O)N2CCCc3ccccc3CC2)cn1. The quantitative estimate of drug-likeness (QED) is 0.825. The predicted octanol–water partition coefficient (Wildman–Crippen LogP) is 1.96. The molecule has 0 N–H and O–H groups in total. The first-order valence-corrected chi connectivity index (χ1v) is 10.1. The summed E-state index contributed by atoms with van der Waals surface area (Å²) in [5.74, 6) is -0.106. The van der Waals surface area contributed by atoms with Crippen LogP contribution in [0.4, 0.5) is 0 Å². The first-order chi connectivity index (χ1) is 12.4. The smallest absolute Gasteiger partial charge is 0.260 e. The maximum absolute atomic E-state index is 12.8. The first-order valence-electron chi connectivity index (χ1n) is 8.64. The van der Waals surface area contributed by atoms with Crippen molar-refractivity contribution in [2.45, 2.75) is 24.3 Å². The highest BCUT2D eigenvalue weighted by atomic mass is 32.2. The van der Waals surface area contributed by atoms with Crippen LogP contribution in [-0.2, 0) is 22.9 Å². The number of benzene rings is 1. The molecule has 2 aromatic rings. The molecule has 1 aromatic carbocycles. The van der Waals surface area contributed by atoms with Crippen molar-refractivity contribution in [1.82, 2.24) is 14.2 Å². The minimum Gasteiger partial charge on any atom is -0.338 e. The zero-order chi connectivity index (χ0) is 18.7. The van der Waals surface area contributed by atoms with Crippen LogP contribution in [0.2, 0.25) is 0 Å². The number of amides is 1. The van der Waals surface area contributed by atoms with Gasteiger partial charge in [0.25, 0.3) is 15.9 Å². The van der Waals surface area contributed by atoms with Crippen molar-refractivity contribution in [1.29, 1.82) is 0 Å². The number of hydrogen-bond donors (Lipinski definition) is 0. The van der Waals surface area contributed by atoms with E-state index in [0.29, 0.717) is 18.7 Å². The molecule has 3 rings (SSSR count). The van der Waals surface area contributed by atoms with Crippen molar-refractivity contribution in [3.8, 4) is 0 Å². The normalized spacial score (nSPS) is 15.3. The maximum Gasteiger partial charge on any atom is 0.260 e. The van der Waals surface area contributed by atoms with E-state index in [2.05, 4.69) is 23.2 Å². The molecule has 0 fully saturated rings. The third-order valence-electron chi connectivity index (χ3n) is 4.66. The minimum atomic E-state index is -3.59. The van der Waals surface area contributed by atoms with Gasteiger partial charge in [-0.25, -0.2) is 17.7 Å². The molecule has 7 heteroatoms. The number of carbonyl (C=O) groups is 1. The largest absolute Gasteiger partial charge is 0.338 e. The average molecular weight is 373 g/mol. The Morgan fingerprint density at radius 3 is 2.35 bits per heavy atom. The Morgan fingerprint density at radius 2 is 1.73 bits per heavy atom. The topological polar surface area (TPSA) is 70.6 Å². The molecule has 26 heavy (non-hydrogen) atoms. The molecule has 6 nitrogen and oxygen atoms in total. The van der Waals surface area contributed by atoms with E-state index in [1.54, 1.807) is 6.07 Å². The van der Waals surface area contributed by atoms with Gasteiger partial charge in [-0.3, -0.25) is 4.79 Å². The molecular weight excluding hydrogens is 350 g/mol. The zero-order valence-electron chi connectivity index (χ0n) is 15.1. The predicted molar refractivity (Wildman–Crippen MR) is 99.5 cm³/mol. The number of aromatic nitrogens is 1. The molecule has 0 saturated carbocycles. The fourth-order valence-corrected chi connectivity index (χ4v) is 3.91. The van der Waals surface area contributed by atoms with E-state index >= 15 is 0 Å². The van der Waals surface area contributed by atoms with E-state index < -0.39 is 10.0 Å². The van der Waals surface area contributed by atoms with Crippen molar-refractivity contribution < 1.29 is 13.2 Å². The number of aryl methyl sites for hydroxylation is 1. The van der Waals surface area contributed by atoms with Gasteiger partial charge in [-0.05, 0) is 42.5 Å². The van der Waals surface area contributed by atoms with Gasteiger partial charge in [-0.2, -0.15) is 0 Å². The van der Waals surface area contributed by atoms with Gasteiger partial charge in [0.1, 0.15) is 0 Å². The molecule has 0 unspecified atom stereocenters. The second-order valence-corrected chi connectivity index (χ2v) is 8.69. The molecule has 1 aliphatic heterocycles. The standard InChI is InChI=1S/C19H23N3O3S/c1-21(2)26(24,25)18-10-9-17(14-20-18)19(23)22-12-5-8-15-6-3-4-7-16(15)11-13-22/h3-4,6-7,9-10,14H,5,8,11-13H2,1-2H3. The van der Waals surface area contributed by atoms with Crippen LogP contribution in [0.3, 0.4) is 0 Å². The van der Waals surface area contributed by atoms with E-state index in [-0.39, 0.29) is 10.9 Å². The van der Waals surface area contributed by atoms with Crippen LogP contribution < -0.4 is 0 Å². The molecule has 0 radical (unpaired) electrons. The van der Waals surface area contributed by atoms with Gasteiger partial charge in [0.2, 0.25) is 0 Å². The Balaban J connectivity index is 1.75. The summed E-state index contributed by atoms with van der Waals surface area (Å²) in [5, 5.41) is -0.0550. The minimum absolute atomic E-state index is 0.0550. The lowest BCUT2D eigenvalue weighted by atomic mass is 9.98. The monoisotopic (exact) mass is 373 g/mol. The van der Waals surface area contributed by atoms with Gasteiger partial charge in [0.15, 0.2) is 5.03 Å². The summed E-state index contributed by atoms with van der Waals surface area (Å²) in [6.07, 6.45) is 4.04. The lowest BCUT2D eigenvalue weighted by Crippen LogP contribution is -2.35. The lowest BCUT2D eigenvalue weighted by molar-refractivity contribution is 0.0752. The summed E-state index contributed by atoms with van der Waals surface area (Å²) in [7, 11) is -0.686. The van der Waals surface area contributed by atoms with Crippen molar-refractivity contribution in [2.75, 3.05) is 27.2 Å². The summed E-state index contributed by atoms with van der Waals surface area (Å²) in [6, 6.07) is 11.3. The Morgan fingerprint density at radius 1 is 1.04 bits per heavy atom. The van der Waals surface area contributed by atoms with E-state index in [0.717, 1.165) is 23.6 Å². The highest BCUT2D eigenvalue weighted by molar-refractivity contribution is 7.89. The van der Waals surface area contributed by atoms with E-state index in [1.165, 1.54) is 37.5 Å². The summed E-state index contributed by atoms with van der Waals surface area (Å²) >= 11 is 0. The Kier molecular flexibility index (Phi) is 5.38. The van der Waals surface area contributed by atoms with Crippen LogP contribution in [0.25, 0.3) is 0 Å². The van der Waals surface area contributed by atoms with Crippen LogP contribution >= 0.6 is 0 Å². The number of rotatable bonds is 3. The van der Waals surface area contributed by atoms with Gasteiger partial charge in [-0.1, -0.05) is 24.3 Å². The highest BCUT2D eigenvalue weighted by Crippen LogP contribution is 2.18. The van der Waals surface area contributed by atoms with Gasteiger partial charge in [0.05, 0.1) is 5.56 Å². The Hall–Kier alpha value is -2.25. The molecule has 0 atom stereocenters. The zero-order valence-corrected chi connectivity index (χ0v) is 15.9. The number of pyridine rings is 1. The number of nitrogens with zero attached hydrogens (tertiary/aromatic N) is 3. The molecule has 2 heterocycles. The molecule has 1 aliphatic rings. The van der Waals surface area contributed by atoms with E-state index in [4.69, 9.17) is 0 Å². The summed E-state index contributed by atoms with van der Waals surface area (Å²) in [5.41, 5.74) is 3.06. The molecule has 0 aliphatic carbocycles. The van der Waals surface area contributed by atoms with Crippen molar-refractivity contribution in [3.05, 3.63) is 59.3 Å². The molecule has 0 bridgehead atoms. The number of fused-ring (bicyclic) bond motifs is 1. The summed E-state index contributed by atoms with van der Waals surface area (Å²) < 4.78 is 25.3. The van der Waals surface area contributed by atoms with E-state index in [9.17, 15) is 13.2 Å². The second kappa shape index (κ2) is 7.55. The van der Waals surface area contributed by atoms with Crippen LogP contribution in [0.1, 0.15) is 27.9 Å². The molecule has 138 valence electrons. The van der Waals surface area contributed by atoms with Crippen molar-refractivity contribution >= 4 is 15.9 Å². The Labute approximate surface area is 154 Å². The van der Waals surface area contributed by atoms with Crippen LogP contribution in [-0.4, -0.2) is 55.7 Å². The molecule has 1 aromatic heterocycles. The van der Waals surface area contributed by atoms with Crippen molar-refractivity contribution in [3.63, 3.8) is 0 Å². The third kappa shape index (κ3) is 3.78. The summed E-state index contributed by atoms with van der Waals surface area (Å²) in [6.45, 7) is 1.33. The lowest BCUT2D eigenvalue weighted by Gasteiger charge is -2.26. The second-order valence-electron chi connectivity index (χ2n) is 6.59. The fraction of sp³-hybridized carbons (Fsp3) is 0.368. The number of sulfonamides is 1. The Bertz CT molecular complexity index is 893. The van der Waals surface area contributed by atoms with Gasteiger partial charge >= 0.3 is 0 Å². The third-order valence-corrected chi connectivity index (χ3v) is 6.39. The van der Waals surface area contributed by atoms with E-state index in [1.807, 2.05) is 11.0 Å². The fourth-order valence-electron chi connectivity index (χ4n) is 3.10. The number of hydrogen-bond acceptors (Lipinski definition) is 4. The van der Waals surface area contributed by atoms with Gasteiger partial charge in [-0.15, -0.1) is 0 Å². The van der Waals surface area contributed by atoms with Crippen molar-refractivity contribution in [2.24, 2.45) is 0 Å². The van der Waals surface area contributed by atoms with Crippen LogP contribution in [0.5, 0.6) is 0 Å². The summed E-state index contributed by atoms with van der Waals surface area (Å²) in [4.78, 5) is 18.6. The average Bonchev–Trinajstić information content (AvgIpc) is 2.62. The van der Waals surface area contributed by atoms with Gasteiger partial charge < -0.3 is 4.90 Å². The van der Waals surface area contributed by atoms with Gasteiger partial charge in [0, 0.05) is 33.4 Å². The molecule has 1 amide bonds. The maximum atomic E-state index is 12.8. The first kappa shape index (κ1) is 18.5. The highest BCUT2D eigenvalue weighted by Gasteiger charge is 2.22. The molecular formula is C19H23N3O3S. The van der Waals surface area contributed by atoms with Crippen LogP contribution in [0, 0.1) is 0 Å². The molecule has 0 saturated heterocycles. The number of carbonyl (C=O) groups excluding carboxylic acids is 1. The molecule has 0 spiro atoms. The van der Waals surface area contributed by atoms with Crippen LogP contribution in [0.15, 0.2) is 47.6 Å².